The topological polar surface area (TPSA) is 139 Å². The Hall–Kier alpha value is 0.626. The largest absolute Gasteiger partial charge is 1.00 e. The Labute approximate surface area is 157 Å². The van der Waals surface area contributed by atoms with E-state index in [0.717, 1.165) is 0 Å². The number of oxime groups is 1. The van der Waals surface area contributed by atoms with Crippen LogP contribution in [0.5, 0.6) is 0 Å². The molecule has 11 heteroatoms. The van der Waals surface area contributed by atoms with Gasteiger partial charge in [0.05, 0.1) is 12.1 Å². The zero-order chi connectivity index (χ0) is 14.3. The predicted octanol–water partition coefficient (Wildman–Crippen LogP) is -2.81. The first kappa shape index (κ1) is 18.7. The molecule has 2 unspecified atom stereocenters. The Balaban J connectivity index is 0.00000200. The van der Waals surface area contributed by atoms with Gasteiger partial charge >= 0.3 is 64.1 Å². The first-order valence-corrected chi connectivity index (χ1v) is 8.26. The molecule has 1 heterocycles. The third-order valence-electron chi connectivity index (χ3n) is 2.70. The van der Waals surface area contributed by atoms with Crippen LogP contribution in [0.4, 0.5) is 0 Å². The van der Waals surface area contributed by atoms with Gasteiger partial charge in [0.25, 0.3) is 0 Å². The van der Waals surface area contributed by atoms with Crippen molar-refractivity contribution >= 4 is 20.9 Å². The molecule has 0 fully saturated rings. The SMILES string of the molecule is O=P([O-])(O)C1(P(=O)(O)O)CC(c2ccccc2)=NO1.[K+]. The van der Waals surface area contributed by atoms with Gasteiger partial charge in [-0.1, -0.05) is 35.5 Å². The second-order valence-electron chi connectivity index (χ2n) is 3.98. The van der Waals surface area contributed by atoms with Crippen LogP contribution in [-0.4, -0.2) is 25.5 Å². The molecule has 2 atom stereocenters. The van der Waals surface area contributed by atoms with Gasteiger partial charge in [-0.3, -0.25) is 4.57 Å². The summed E-state index contributed by atoms with van der Waals surface area (Å²) in [5.74, 6) is 0. The minimum absolute atomic E-state index is 0. The molecule has 104 valence electrons. The Bertz CT molecular complexity index is 586. The summed E-state index contributed by atoms with van der Waals surface area (Å²) in [5.41, 5.74) is 0.486. The number of hydrogen-bond donors (Lipinski definition) is 3. The third-order valence-corrected chi connectivity index (χ3v) is 6.52. The van der Waals surface area contributed by atoms with Gasteiger partial charge in [-0.05, 0) is 5.56 Å². The van der Waals surface area contributed by atoms with Gasteiger partial charge < -0.3 is 29.0 Å². The molecule has 20 heavy (non-hydrogen) atoms. The molecule has 1 aromatic rings. The molecule has 0 amide bonds. The van der Waals surface area contributed by atoms with Gasteiger partial charge in [0.1, 0.15) is 0 Å². The smallest absolute Gasteiger partial charge is 0.775 e. The van der Waals surface area contributed by atoms with Crippen molar-refractivity contribution in [3.8, 4) is 0 Å². The molecule has 1 aromatic carbocycles. The van der Waals surface area contributed by atoms with Crippen molar-refractivity contribution in [1.82, 2.24) is 0 Å². The van der Waals surface area contributed by atoms with E-state index in [-0.39, 0.29) is 57.1 Å². The molecule has 0 spiro atoms. The van der Waals surface area contributed by atoms with E-state index in [4.69, 9.17) is 14.7 Å². The molecule has 1 aliphatic rings. The summed E-state index contributed by atoms with van der Waals surface area (Å²) < 4.78 is 22.6. The summed E-state index contributed by atoms with van der Waals surface area (Å²) in [5, 5.41) is 0.348. The summed E-state index contributed by atoms with van der Waals surface area (Å²) in [7, 11) is -10.8. The standard InChI is InChI=1S/C9H11NO7P2.K/c11-18(12,13)9(19(14,15)16)6-8(10-17-9)7-4-2-1-3-5-7;/h1-5H,6H2,(H2,11,12,13)(H2,14,15,16);/q;+1/p-1. The average molecular weight is 345 g/mol. The number of rotatable bonds is 3. The third kappa shape index (κ3) is 3.34. The van der Waals surface area contributed by atoms with E-state index in [0.29, 0.717) is 5.56 Å². The van der Waals surface area contributed by atoms with Crippen molar-refractivity contribution in [2.45, 2.75) is 11.5 Å². The maximum atomic E-state index is 11.3. The molecule has 0 saturated heterocycles. The van der Waals surface area contributed by atoms with Crippen LogP contribution in [0.15, 0.2) is 35.5 Å². The number of nitrogens with zero attached hydrogens (tertiary/aromatic N) is 1. The molecule has 0 bridgehead atoms. The zero-order valence-electron chi connectivity index (χ0n) is 10.4. The van der Waals surface area contributed by atoms with Crippen LogP contribution >= 0.6 is 15.2 Å². The molecule has 8 nitrogen and oxygen atoms in total. The van der Waals surface area contributed by atoms with Crippen LogP contribution in [0.2, 0.25) is 0 Å². The second kappa shape index (κ2) is 6.40. The normalized spacial score (nSPS) is 25.1. The van der Waals surface area contributed by atoms with Crippen LogP contribution in [0.3, 0.4) is 0 Å². The average Bonchev–Trinajstić information content (AvgIpc) is 2.75. The van der Waals surface area contributed by atoms with Gasteiger partial charge in [-0.25, -0.2) is 0 Å². The van der Waals surface area contributed by atoms with Crippen LogP contribution in [0, 0.1) is 0 Å². The van der Waals surface area contributed by atoms with Crippen LogP contribution in [0.25, 0.3) is 0 Å². The van der Waals surface area contributed by atoms with E-state index in [9.17, 15) is 14.0 Å². The quantitative estimate of drug-likeness (QED) is 0.397. The van der Waals surface area contributed by atoms with Gasteiger partial charge in [-0.2, -0.15) is 0 Å². The van der Waals surface area contributed by atoms with Crippen molar-refractivity contribution in [3.05, 3.63) is 35.9 Å². The Kier molecular flexibility index (Phi) is 5.97. The predicted molar refractivity (Wildman–Crippen MR) is 63.3 cm³/mol. The molecule has 3 N–H and O–H groups in total. The molecule has 2 rings (SSSR count). The molecular formula is C9H10KNO7P2. The van der Waals surface area contributed by atoms with Crippen LogP contribution < -0.4 is 56.3 Å². The van der Waals surface area contributed by atoms with Crippen molar-refractivity contribution in [1.29, 1.82) is 0 Å². The van der Waals surface area contributed by atoms with E-state index in [2.05, 4.69) is 9.99 Å². The maximum absolute atomic E-state index is 11.3. The summed E-state index contributed by atoms with van der Waals surface area (Å²) in [4.78, 5) is 43.1. The number of benzene rings is 1. The molecule has 0 aromatic heterocycles. The molecule has 0 radical (unpaired) electrons. The Morgan fingerprint density at radius 3 is 2.15 bits per heavy atom. The van der Waals surface area contributed by atoms with Gasteiger partial charge in [0.15, 0.2) is 7.60 Å². The fraction of sp³-hybridized carbons (Fsp3) is 0.222. The summed E-state index contributed by atoms with van der Waals surface area (Å²) in [6, 6.07) is 8.15. The van der Waals surface area contributed by atoms with Gasteiger partial charge in [0, 0.05) is 0 Å². The minimum Gasteiger partial charge on any atom is -0.775 e. The fourth-order valence-corrected chi connectivity index (χ4v) is 3.98. The van der Waals surface area contributed by atoms with Crippen molar-refractivity contribution in [2.24, 2.45) is 5.16 Å². The first-order valence-electron chi connectivity index (χ1n) is 5.07. The number of hydrogen-bond acceptors (Lipinski definition) is 5. The van der Waals surface area contributed by atoms with Crippen molar-refractivity contribution < 1.29 is 84.9 Å². The van der Waals surface area contributed by atoms with Crippen molar-refractivity contribution in [2.75, 3.05) is 0 Å². The fourth-order valence-electron chi connectivity index (χ4n) is 1.67. The molecule has 0 saturated carbocycles. The summed E-state index contributed by atoms with van der Waals surface area (Å²) in [6.07, 6.45) is -0.724. The molecule has 0 aliphatic carbocycles. The van der Waals surface area contributed by atoms with Crippen LogP contribution in [-0.2, 0) is 14.0 Å². The monoisotopic (exact) mass is 345 g/mol. The summed E-state index contributed by atoms with van der Waals surface area (Å²) in [6.45, 7) is 0. The molecular weight excluding hydrogens is 335 g/mol. The summed E-state index contributed by atoms with van der Waals surface area (Å²) >= 11 is 0. The van der Waals surface area contributed by atoms with E-state index in [1.807, 2.05) is 0 Å². The molecule has 1 aliphatic heterocycles. The Morgan fingerprint density at radius 2 is 1.75 bits per heavy atom. The Morgan fingerprint density at radius 1 is 1.20 bits per heavy atom. The minimum atomic E-state index is -5.47. The second-order valence-corrected chi connectivity index (χ2v) is 7.91. The van der Waals surface area contributed by atoms with Gasteiger partial charge in [0.2, 0.25) is 0 Å². The van der Waals surface area contributed by atoms with Gasteiger partial charge in [-0.15, -0.1) is 0 Å². The zero-order valence-corrected chi connectivity index (χ0v) is 15.3. The van der Waals surface area contributed by atoms with Crippen LogP contribution in [0.1, 0.15) is 12.0 Å². The van der Waals surface area contributed by atoms with E-state index >= 15 is 0 Å². The van der Waals surface area contributed by atoms with E-state index in [1.54, 1.807) is 30.3 Å². The van der Waals surface area contributed by atoms with E-state index in [1.165, 1.54) is 0 Å². The van der Waals surface area contributed by atoms with E-state index < -0.39 is 26.7 Å². The van der Waals surface area contributed by atoms with Crippen molar-refractivity contribution in [3.63, 3.8) is 0 Å². The maximum Gasteiger partial charge on any atom is 1.00 e. The first-order chi connectivity index (χ1) is 8.67.